The lowest BCUT2D eigenvalue weighted by Crippen LogP contribution is -2.53. The first-order valence-electron chi connectivity index (χ1n) is 11.3. The number of ether oxygens (including phenoxy) is 1. The van der Waals surface area contributed by atoms with Crippen LogP contribution < -0.4 is 10.2 Å². The lowest BCUT2D eigenvalue weighted by atomic mass is 10.2. The van der Waals surface area contributed by atoms with E-state index in [2.05, 4.69) is 46.1 Å². The number of guanidine groups is 1. The molecule has 33 heavy (non-hydrogen) atoms. The number of anilines is 1. The fraction of sp³-hybridized carbons (Fsp3) is 0.522. The van der Waals surface area contributed by atoms with E-state index in [-0.39, 0.29) is 36.0 Å². The first-order chi connectivity index (χ1) is 15.6. The van der Waals surface area contributed by atoms with Crippen molar-refractivity contribution in [2.24, 2.45) is 4.99 Å². The van der Waals surface area contributed by atoms with Crippen LogP contribution in [0.3, 0.4) is 0 Å². The number of piperazine rings is 1. The first-order valence-corrected chi connectivity index (χ1v) is 11.3. The number of carbonyl (C=O) groups is 1. The maximum absolute atomic E-state index is 12.5. The van der Waals surface area contributed by atoms with Gasteiger partial charge in [0, 0.05) is 52.0 Å². The van der Waals surface area contributed by atoms with Gasteiger partial charge >= 0.3 is 0 Å². The van der Waals surface area contributed by atoms with Gasteiger partial charge in [-0.05, 0) is 37.6 Å². The summed E-state index contributed by atoms with van der Waals surface area (Å²) in [4.78, 5) is 28.2. The van der Waals surface area contributed by atoms with E-state index in [0.29, 0.717) is 25.4 Å². The van der Waals surface area contributed by atoms with Crippen LogP contribution in [0.1, 0.15) is 30.0 Å². The highest BCUT2D eigenvalue weighted by atomic mass is 127. The highest BCUT2D eigenvalue weighted by Crippen LogP contribution is 2.16. The minimum absolute atomic E-state index is 0. The van der Waals surface area contributed by atoms with Crippen molar-refractivity contribution in [1.29, 1.82) is 0 Å². The second kappa shape index (κ2) is 12.2. The number of rotatable bonds is 5. The number of nitrogens with zero attached hydrogens (tertiary/aromatic N) is 5. The summed E-state index contributed by atoms with van der Waals surface area (Å²) in [6, 6.07) is 7.60. The second-order valence-corrected chi connectivity index (χ2v) is 8.08. The Morgan fingerprint density at radius 3 is 2.61 bits per heavy atom. The lowest BCUT2D eigenvalue weighted by Gasteiger charge is -2.36. The van der Waals surface area contributed by atoms with E-state index in [1.807, 2.05) is 11.1 Å². The molecule has 2 fully saturated rings. The van der Waals surface area contributed by atoms with E-state index >= 15 is 0 Å². The van der Waals surface area contributed by atoms with Crippen molar-refractivity contribution in [3.63, 3.8) is 0 Å². The Kier molecular flexibility index (Phi) is 9.36. The minimum atomic E-state index is -0.0579. The second-order valence-electron chi connectivity index (χ2n) is 8.08. The molecule has 1 unspecified atom stereocenters. The van der Waals surface area contributed by atoms with E-state index in [1.165, 1.54) is 6.26 Å². The summed E-state index contributed by atoms with van der Waals surface area (Å²) in [6.45, 7) is 10.7. The number of halogens is 1. The number of hydrogen-bond donors (Lipinski definition) is 1. The van der Waals surface area contributed by atoms with Crippen molar-refractivity contribution in [2.75, 3.05) is 57.3 Å². The van der Waals surface area contributed by atoms with Gasteiger partial charge in [-0.1, -0.05) is 6.07 Å². The molecule has 2 aromatic heterocycles. The molecule has 9 nitrogen and oxygen atoms in total. The van der Waals surface area contributed by atoms with Gasteiger partial charge in [0.25, 0.3) is 5.91 Å². The average molecular weight is 568 g/mol. The Labute approximate surface area is 212 Å². The Morgan fingerprint density at radius 2 is 1.97 bits per heavy atom. The van der Waals surface area contributed by atoms with E-state index in [0.717, 1.165) is 56.7 Å². The third-order valence-electron chi connectivity index (χ3n) is 5.72. The van der Waals surface area contributed by atoms with E-state index in [4.69, 9.17) is 14.1 Å². The van der Waals surface area contributed by atoms with Crippen molar-refractivity contribution in [1.82, 2.24) is 20.1 Å². The van der Waals surface area contributed by atoms with Crippen LogP contribution >= 0.6 is 24.0 Å². The third-order valence-corrected chi connectivity index (χ3v) is 5.72. The quantitative estimate of drug-likeness (QED) is 0.337. The van der Waals surface area contributed by atoms with Gasteiger partial charge in [-0.15, -0.1) is 24.0 Å². The molecule has 0 spiro atoms. The van der Waals surface area contributed by atoms with Crippen molar-refractivity contribution >= 4 is 41.7 Å². The molecule has 0 saturated carbocycles. The van der Waals surface area contributed by atoms with Crippen molar-refractivity contribution < 1.29 is 13.9 Å². The van der Waals surface area contributed by atoms with Crippen molar-refractivity contribution in [3.8, 4) is 0 Å². The zero-order chi connectivity index (χ0) is 22.3. The van der Waals surface area contributed by atoms with Gasteiger partial charge in [0.05, 0.1) is 25.5 Å². The van der Waals surface area contributed by atoms with Crippen LogP contribution in [-0.4, -0.2) is 85.2 Å². The number of aromatic nitrogens is 1. The smallest absolute Gasteiger partial charge is 0.289 e. The number of carbonyl (C=O) groups excluding carboxylic acids is 1. The Morgan fingerprint density at radius 1 is 1.18 bits per heavy atom. The molecule has 10 heteroatoms. The van der Waals surface area contributed by atoms with Gasteiger partial charge in [-0.25, -0.2) is 9.98 Å². The first kappa shape index (κ1) is 25.3. The predicted octanol–water partition coefficient (Wildman–Crippen LogP) is 2.44. The molecular weight excluding hydrogens is 535 g/mol. The van der Waals surface area contributed by atoms with E-state index in [1.54, 1.807) is 12.1 Å². The Bertz CT molecular complexity index is 897. The number of morpholine rings is 1. The molecule has 1 N–H and O–H groups in total. The molecular formula is C23H33IN6O3. The number of furan rings is 1. The van der Waals surface area contributed by atoms with E-state index < -0.39 is 0 Å². The van der Waals surface area contributed by atoms with E-state index in [9.17, 15) is 4.79 Å². The summed E-state index contributed by atoms with van der Waals surface area (Å²) in [5.74, 6) is 2.18. The van der Waals surface area contributed by atoms with Crippen LogP contribution in [0.15, 0.2) is 46.1 Å². The Hall–Kier alpha value is -2.34. The standard InChI is InChI=1S/C23H32N6O3.HI/c1-3-24-23(28-10-8-27(9-11-28)22(30)20-5-4-13-32-20)26-16-19-6-7-21(25-15-19)29-12-14-31-18(2)17-29;/h4-7,13,15,18H,3,8-12,14,16-17H2,1-2H3,(H,24,26);1H. The highest BCUT2D eigenvalue weighted by molar-refractivity contribution is 14.0. The summed E-state index contributed by atoms with van der Waals surface area (Å²) < 4.78 is 10.9. The van der Waals surface area contributed by atoms with Crippen LogP contribution in [0.4, 0.5) is 5.82 Å². The largest absolute Gasteiger partial charge is 0.459 e. The van der Waals surface area contributed by atoms with Gasteiger partial charge in [0.1, 0.15) is 5.82 Å². The monoisotopic (exact) mass is 568 g/mol. The molecule has 0 aromatic carbocycles. The number of nitrogens with one attached hydrogen (secondary N) is 1. The van der Waals surface area contributed by atoms with Gasteiger partial charge in [0.15, 0.2) is 11.7 Å². The normalized spacial score (nSPS) is 19.3. The number of pyridine rings is 1. The maximum atomic E-state index is 12.5. The highest BCUT2D eigenvalue weighted by Gasteiger charge is 2.25. The van der Waals surface area contributed by atoms with Crippen LogP contribution in [0, 0.1) is 0 Å². The van der Waals surface area contributed by atoms with Crippen LogP contribution in [-0.2, 0) is 11.3 Å². The molecule has 2 aliphatic rings. The van der Waals surface area contributed by atoms with Crippen LogP contribution in [0.2, 0.25) is 0 Å². The van der Waals surface area contributed by atoms with Gasteiger partial charge < -0.3 is 29.2 Å². The molecule has 180 valence electrons. The molecule has 1 atom stereocenters. The molecule has 4 heterocycles. The van der Waals surface area contributed by atoms with Gasteiger partial charge in [-0.3, -0.25) is 4.79 Å². The van der Waals surface area contributed by atoms with Crippen molar-refractivity contribution in [3.05, 3.63) is 48.0 Å². The number of aliphatic imine (C=N–C) groups is 1. The number of amides is 1. The molecule has 2 saturated heterocycles. The summed E-state index contributed by atoms with van der Waals surface area (Å²) in [7, 11) is 0. The molecule has 2 aliphatic heterocycles. The van der Waals surface area contributed by atoms with Crippen LogP contribution in [0.5, 0.6) is 0 Å². The zero-order valence-electron chi connectivity index (χ0n) is 19.3. The predicted molar refractivity (Wildman–Crippen MR) is 138 cm³/mol. The summed E-state index contributed by atoms with van der Waals surface area (Å²) >= 11 is 0. The summed E-state index contributed by atoms with van der Waals surface area (Å²) in [5.41, 5.74) is 1.07. The molecule has 2 aromatic rings. The SMILES string of the molecule is CCNC(=NCc1ccc(N2CCOC(C)C2)nc1)N1CCN(C(=O)c2ccco2)CC1.I. The van der Waals surface area contributed by atoms with Gasteiger partial charge in [0.2, 0.25) is 0 Å². The lowest BCUT2D eigenvalue weighted by molar-refractivity contribution is 0.0529. The topological polar surface area (TPSA) is 86.4 Å². The van der Waals surface area contributed by atoms with Crippen molar-refractivity contribution in [2.45, 2.75) is 26.5 Å². The maximum Gasteiger partial charge on any atom is 0.289 e. The third kappa shape index (κ3) is 6.59. The average Bonchev–Trinajstić information content (AvgIpc) is 3.37. The fourth-order valence-corrected chi connectivity index (χ4v) is 3.99. The molecule has 4 rings (SSSR count). The fourth-order valence-electron chi connectivity index (χ4n) is 3.99. The van der Waals surface area contributed by atoms with Gasteiger partial charge in [-0.2, -0.15) is 0 Å². The zero-order valence-corrected chi connectivity index (χ0v) is 21.6. The summed E-state index contributed by atoms with van der Waals surface area (Å²) in [5, 5.41) is 3.37. The Balaban J connectivity index is 0.00000306. The minimum Gasteiger partial charge on any atom is -0.459 e. The molecule has 0 radical (unpaired) electrons. The van der Waals surface area contributed by atoms with Crippen LogP contribution in [0.25, 0.3) is 0 Å². The molecule has 0 aliphatic carbocycles. The molecule has 0 bridgehead atoms. The molecule has 1 amide bonds. The number of hydrogen-bond acceptors (Lipinski definition) is 6. The summed E-state index contributed by atoms with van der Waals surface area (Å²) in [6.07, 6.45) is 3.66.